The molecular weight excluding hydrogens is 273 g/mol. The third kappa shape index (κ3) is 3.27. The molecule has 0 amide bonds. The van der Waals surface area contributed by atoms with Crippen molar-refractivity contribution in [3.8, 4) is 0 Å². The second-order valence-electron chi connectivity index (χ2n) is 3.76. The van der Waals surface area contributed by atoms with Crippen LogP contribution in [0.5, 0.6) is 0 Å². The molecule has 1 unspecified atom stereocenters. The highest BCUT2D eigenvalue weighted by molar-refractivity contribution is 14.1. The van der Waals surface area contributed by atoms with E-state index in [0.29, 0.717) is 5.92 Å². The smallest absolute Gasteiger partial charge is 0.0307 e. The van der Waals surface area contributed by atoms with Crippen LogP contribution >= 0.6 is 22.6 Å². The molecule has 0 saturated carbocycles. The van der Waals surface area contributed by atoms with Crippen molar-refractivity contribution in [3.05, 3.63) is 33.4 Å². The summed E-state index contributed by atoms with van der Waals surface area (Å²) in [6, 6.07) is 8.52. The maximum Gasteiger partial charge on any atom is 0.0307 e. The Morgan fingerprint density at radius 1 is 1.31 bits per heavy atom. The topological polar surface area (TPSA) is 26.0 Å². The van der Waals surface area contributed by atoms with E-state index in [1.165, 1.54) is 9.13 Å². The first kappa shape index (κ1) is 11.0. The zero-order valence-electron chi connectivity index (χ0n) is 8.13. The van der Waals surface area contributed by atoms with Gasteiger partial charge < -0.3 is 5.73 Å². The van der Waals surface area contributed by atoms with Gasteiger partial charge in [0.2, 0.25) is 0 Å². The molecule has 1 aromatic rings. The summed E-state index contributed by atoms with van der Waals surface area (Å²) in [5, 5.41) is 0. The molecule has 72 valence electrons. The van der Waals surface area contributed by atoms with E-state index in [1.54, 1.807) is 0 Å². The summed E-state index contributed by atoms with van der Waals surface area (Å²) in [6.45, 7) is 4.41. The molecule has 2 N–H and O–H groups in total. The predicted molar refractivity (Wildman–Crippen MR) is 65.5 cm³/mol. The Bertz CT molecular complexity index is 271. The molecular formula is C11H16IN. The highest BCUT2D eigenvalue weighted by atomic mass is 127. The van der Waals surface area contributed by atoms with Crippen LogP contribution in [0.15, 0.2) is 24.3 Å². The lowest BCUT2D eigenvalue weighted by Crippen LogP contribution is -2.14. The Morgan fingerprint density at radius 3 is 2.46 bits per heavy atom. The number of hydrogen-bond acceptors (Lipinski definition) is 1. The molecule has 0 aliphatic carbocycles. The van der Waals surface area contributed by atoms with Gasteiger partial charge in [-0.2, -0.15) is 0 Å². The summed E-state index contributed by atoms with van der Waals surface area (Å²) in [5.41, 5.74) is 7.37. The average Bonchev–Trinajstić information content (AvgIpc) is 2.03. The SMILES string of the molecule is CC(C)CC(N)c1ccccc1I. The van der Waals surface area contributed by atoms with Gasteiger partial charge in [-0.05, 0) is 46.6 Å². The highest BCUT2D eigenvalue weighted by Gasteiger charge is 2.10. The van der Waals surface area contributed by atoms with E-state index >= 15 is 0 Å². The molecule has 0 saturated heterocycles. The summed E-state index contributed by atoms with van der Waals surface area (Å²) in [7, 11) is 0. The molecule has 2 heteroatoms. The van der Waals surface area contributed by atoms with Crippen LogP contribution in [0.25, 0.3) is 0 Å². The van der Waals surface area contributed by atoms with Gasteiger partial charge >= 0.3 is 0 Å². The first-order valence-corrected chi connectivity index (χ1v) is 5.69. The van der Waals surface area contributed by atoms with Crippen molar-refractivity contribution in [3.63, 3.8) is 0 Å². The van der Waals surface area contributed by atoms with E-state index in [1.807, 2.05) is 6.07 Å². The standard InChI is InChI=1S/C11H16IN/c1-8(2)7-11(13)9-5-3-4-6-10(9)12/h3-6,8,11H,7,13H2,1-2H3. The third-order valence-electron chi connectivity index (χ3n) is 2.03. The molecule has 0 fully saturated rings. The van der Waals surface area contributed by atoms with Crippen molar-refractivity contribution in [2.75, 3.05) is 0 Å². The molecule has 0 aromatic heterocycles. The van der Waals surface area contributed by atoms with E-state index in [2.05, 4.69) is 54.6 Å². The number of hydrogen-bond donors (Lipinski definition) is 1. The Kier molecular flexibility index (Phi) is 4.19. The summed E-state index contributed by atoms with van der Waals surface area (Å²) in [6.07, 6.45) is 1.06. The molecule has 1 atom stereocenters. The first-order chi connectivity index (χ1) is 6.11. The molecule has 13 heavy (non-hydrogen) atoms. The number of nitrogens with two attached hydrogens (primary N) is 1. The molecule has 1 aromatic carbocycles. The minimum absolute atomic E-state index is 0.188. The van der Waals surface area contributed by atoms with Crippen LogP contribution in [0.2, 0.25) is 0 Å². The van der Waals surface area contributed by atoms with E-state index in [4.69, 9.17) is 5.73 Å². The van der Waals surface area contributed by atoms with Crippen molar-refractivity contribution >= 4 is 22.6 Å². The fourth-order valence-corrected chi connectivity index (χ4v) is 2.20. The van der Waals surface area contributed by atoms with Crippen LogP contribution in [0.3, 0.4) is 0 Å². The van der Waals surface area contributed by atoms with Gasteiger partial charge in [0, 0.05) is 9.61 Å². The Hall–Kier alpha value is -0.0900. The van der Waals surface area contributed by atoms with Crippen LogP contribution in [0, 0.1) is 9.49 Å². The lowest BCUT2D eigenvalue weighted by molar-refractivity contribution is 0.509. The maximum atomic E-state index is 6.09. The second kappa shape index (κ2) is 4.96. The second-order valence-corrected chi connectivity index (χ2v) is 4.92. The largest absolute Gasteiger partial charge is 0.324 e. The van der Waals surface area contributed by atoms with E-state index < -0.39 is 0 Å². The summed E-state index contributed by atoms with van der Waals surface area (Å²) >= 11 is 2.34. The van der Waals surface area contributed by atoms with Gasteiger partial charge in [-0.15, -0.1) is 0 Å². The molecule has 0 spiro atoms. The highest BCUT2D eigenvalue weighted by Crippen LogP contribution is 2.22. The van der Waals surface area contributed by atoms with Crippen LogP contribution < -0.4 is 5.73 Å². The van der Waals surface area contributed by atoms with Crippen molar-refractivity contribution < 1.29 is 0 Å². The average molecular weight is 289 g/mol. The molecule has 0 heterocycles. The van der Waals surface area contributed by atoms with Crippen molar-refractivity contribution in [1.82, 2.24) is 0 Å². The molecule has 1 nitrogen and oxygen atoms in total. The lowest BCUT2D eigenvalue weighted by Gasteiger charge is -2.15. The quantitative estimate of drug-likeness (QED) is 0.849. The van der Waals surface area contributed by atoms with Gasteiger partial charge in [-0.1, -0.05) is 32.0 Å². The predicted octanol–water partition coefficient (Wildman–Crippen LogP) is 3.34. The Morgan fingerprint density at radius 2 is 1.92 bits per heavy atom. The van der Waals surface area contributed by atoms with Crippen LogP contribution in [-0.4, -0.2) is 0 Å². The van der Waals surface area contributed by atoms with Crippen LogP contribution in [0.4, 0.5) is 0 Å². The number of rotatable bonds is 3. The van der Waals surface area contributed by atoms with Crippen molar-refractivity contribution in [2.24, 2.45) is 11.7 Å². The van der Waals surface area contributed by atoms with Crippen LogP contribution in [0.1, 0.15) is 31.9 Å². The van der Waals surface area contributed by atoms with Crippen molar-refractivity contribution in [1.29, 1.82) is 0 Å². The number of benzene rings is 1. The van der Waals surface area contributed by atoms with E-state index in [0.717, 1.165) is 6.42 Å². The summed E-state index contributed by atoms with van der Waals surface area (Å²) in [5.74, 6) is 0.658. The van der Waals surface area contributed by atoms with Gasteiger partial charge in [0.05, 0.1) is 0 Å². The molecule has 0 radical (unpaired) electrons. The van der Waals surface area contributed by atoms with E-state index in [-0.39, 0.29) is 6.04 Å². The van der Waals surface area contributed by atoms with Gasteiger partial charge in [-0.3, -0.25) is 0 Å². The van der Waals surface area contributed by atoms with Gasteiger partial charge in [-0.25, -0.2) is 0 Å². The molecule has 0 aliphatic rings. The third-order valence-corrected chi connectivity index (χ3v) is 3.01. The zero-order chi connectivity index (χ0) is 9.84. The van der Waals surface area contributed by atoms with Gasteiger partial charge in [0.15, 0.2) is 0 Å². The number of halogens is 1. The first-order valence-electron chi connectivity index (χ1n) is 4.61. The zero-order valence-corrected chi connectivity index (χ0v) is 10.3. The van der Waals surface area contributed by atoms with Crippen molar-refractivity contribution in [2.45, 2.75) is 26.3 Å². The normalized spacial score (nSPS) is 13.3. The molecule has 0 bridgehead atoms. The minimum atomic E-state index is 0.188. The van der Waals surface area contributed by atoms with E-state index in [9.17, 15) is 0 Å². The Balaban J connectivity index is 2.76. The minimum Gasteiger partial charge on any atom is -0.324 e. The summed E-state index contributed by atoms with van der Waals surface area (Å²) < 4.78 is 1.27. The Labute approximate surface area is 93.9 Å². The van der Waals surface area contributed by atoms with Gasteiger partial charge in [0.25, 0.3) is 0 Å². The monoisotopic (exact) mass is 289 g/mol. The fraction of sp³-hybridized carbons (Fsp3) is 0.455. The summed E-state index contributed by atoms with van der Waals surface area (Å²) in [4.78, 5) is 0. The maximum absolute atomic E-state index is 6.09. The fourth-order valence-electron chi connectivity index (χ4n) is 1.41. The molecule has 1 rings (SSSR count). The molecule has 0 aliphatic heterocycles. The van der Waals surface area contributed by atoms with Gasteiger partial charge in [0.1, 0.15) is 0 Å². The van der Waals surface area contributed by atoms with Crippen LogP contribution in [-0.2, 0) is 0 Å². The lowest BCUT2D eigenvalue weighted by atomic mass is 9.98.